The summed E-state index contributed by atoms with van der Waals surface area (Å²) < 4.78 is 0. The number of carbonyl (C=O) groups is 2. The van der Waals surface area contributed by atoms with Gasteiger partial charge in [-0.1, -0.05) is 30.3 Å². The zero-order valence-electron chi connectivity index (χ0n) is 21.7. The lowest BCUT2D eigenvalue weighted by Crippen LogP contribution is -2.50. The summed E-state index contributed by atoms with van der Waals surface area (Å²) in [6.45, 7) is 7.66. The molecule has 36 heavy (non-hydrogen) atoms. The van der Waals surface area contributed by atoms with Gasteiger partial charge in [0, 0.05) is 56.7 Å². The van der Waals surface area contributed by atoms with E-state index in [0.29, 0.717) is 12.5 Å². The van der Waals surface area contributed by atoms with Crippen molar-refractivity contribution in [3.05, 3.63) is 53.3 Å². The number of hydrogen-bond acceptors (Lipinski definition) is 6. The number of rotatable bonds is 4. The van der Waals surface area contributed by atoms with E-state index < -0.39 is 0 Å². The van der Waals surface area contributed by atoms with Gasteiger partial charge in [0.25, 0.3) is 0 Å². The van der Waals surface area contributed by atoms with Crippen LogP contribution in [0.1, 0.15) is 55.8 Å². The first-order valence-electron chi connectivity index (χ1n) is 13.3. The number of carbonyl (C=O) groups excluding carboxylic acids is 2. The maximum atomic E-state index is 14.0. The van der Waals surface area contributed by atoms with Gasteiger partial charge in [-0.05, 0) is 57.3 Å². The molecule has 2 aromatic rings. The van der Waals surface area contributed by atoms with E-state index in [4.69, 9.17) is 4.98 Å². The normalized spacial score (nSPS) is 25.4. The topological polar surface area (TPSA) is 81.7 Å². The molecule has 0 saturated carbocycles. The smallest absolute Gasteiger partial charge is 0.227 e. The standard InChI is InChI=1S/C28H38N6O2/c1-19-15-22-16-29-28(30-23-9-13-33(14-10-23)20(2)35)31-26(22)18-34(19)27(36)24-11-12-32(3)17-25(24)21-7-5-4-6-8-21/h4-8,16,19,23-25H,9-15,17-18H2,1-3H3,(H,29,30,31)/t19-,24+,25-/m1/s1. The van der Waals surface area contributed by atoms with Crippen LogP contribution < -0.4 is 5.32 Å². The van der Waals surface area contributed by atoms with Crippen LogP contribution in [0.15, 0.2) is 36.5 Å². The molecule has 1 aromatic heterocycles. The van der Waals surface area contributed by atoms with Crippen molar-refractivity contribution in [3.8, 4) is 0 Å². The minimum atomic E-state index is -0.0153. The van der Waals surface area contributed by atoms with Crippen molar-refractivity contribution < 1.29 is 9.59 Å². The Morgan fingerprint density at radius 1 is 1.06 bits per heavy atom. The zero-order chi connectivity index (χ0) is 25.2. The molecule has 0 spiro atoms. The Hall–Kier alpha value is -3.00. The molecule has 8 nitrogen and oxygen atoms in total. The number of anilines is 1. The highest BCUT2D eigenvalue weighted by Gasteiger charge is 2.39. The predicted molar refractivity (Wildman–Crippen MR) is 139 cm³/mol. The van der Waals surface area contributed by atoms with Crippen molar-refractivity contribution in [2.24, 2.45) is 5.92 Å². The number of nitrogens with zero attached hydrogens (tertiary/aromatic N) is 5. The molecule has 1 aromatic carbocycles. The molecule has 5 rings (SSSR count). The fourth-order valence-electron chi connectivity index (χ4n) is 6.04. The number of benzene rings is 1. The van der Waals surface area contributed by atoms with Crippen molar-refractivity contribution in [2.45, 2.75) is 64.1 Å². The summed E-state index contributed by atoms with van der Waals surface area (Å²) >= 11 is 0. The van der Waals surface area contributed by atoms with Crippen LogP contribution in [0, 0.1) is 5.92 Å². The van der Waals surface area contributed by atoms with E-state index in [1.54, 1.807) is 6.92 Å². The third-order valence-corrected chi connectivity index (χ3v) is 8.24. The van der Waals surface area contributed by atoms with Crippen LogP contribution in [0.2, 0.25) is 0 Å². The first-order valence-corrected chi connectivity index (χ1v) is 13.3. The quantitative estimate of drug-likeness (QED) is 0.710. The monoisotopic (exact) mass is 490 g/mol. The Bertz CT molecular complexity index is 1080. The van der Waals surface area contributed by atoms with Gasteiger partial charge in [0.2, 0.25) is 17.8 Å². The van der Waals surface area contributed by atoms with Crippen LogP contribution in [-0.2, 0) is 22.6 Å². The van der Waals surface area contributed by atoms with Crippen LogP contribution in [0.4, 0.5) is 5.95 Å². The molecule has 1 N–H and O–H groups in total. The average molecular weight is 491 g/mol. The number of nitrogens with one attached hydrogen (secondary N) is 1. The summed E-state index contributed by atoms with van der Waals surface area (Å²) in [7, 11) is 2.14. The molecule has 3 aliphatic heterocycles. The number of piperidine rings is 2. The molecule has 2 saturated heterocycles. The largest absolute Gasteiger partial charge is 0.351 e. The molecule has 0 radical (unpaired) electrons. The summed E-state index contributed by atoms with van der Waals surface area (Å²) in [5, 5.41) is 3.47. The highest BCUT2D eigenvalue weighted by molar-refractivity contribution is 5.81. The molecule has 3 atom stereocenters. The van der Waals surface area contributed by atoms with Crippen LogP contribution in [-0.4, -0.2) is 81.8 Å². The lowest BCUT2D eigenvalue weighted by molar-refractivity contribution is -0.141. The molecule has 8 heteroatoms. The Labute approximate surface area is 214 Å². The molecule has 3 aliphatic rings. The lowest BCUT2D eigenvalue weighted by atomic mass is 9.79. The van der Waals surface area contributed by atoms with Gasteiger partial charge in [-0.25, -0.2) is 9.97 Å². The van der Waals surface area contributed by atoms with Crippen molar-refractivity contribution >= 4 is 17.8 Å². The summed E-state index contributed by atoms with van der Waals surface area (Å²) in [6.07, 6.45) is 5.36. The fourth-order valence-corrected chi connectivity index (χ4v) is 6.04. The van der Waals surface area contributed by atoms with E-state index in [9.17, 15) is 9.59 Å². The van der Waals surface area contributed by atoms with Crippen LogP contribution in [0.3, 0.4) is 0 Å². The first kappa shape index (κ1) is 24.7. The number of aromatic nitrogens is 2. The third kappa shape index (κ3) is 5.24. The minimum absolute atomic E-state index is 0.0153. The maximum absolute atomic E-state index is 14.0. The van der Waals surface area contributed by atoms with E-state index in [2.05, 4.69) is 58.3 Å². The Morgan fingerprint density at radius 3 is 2.53 bits per heavy atom. The predicted octanol–water partition coefficient (Wildman–Crippen LogP) is 2.91. The first-order chi connectivity index (χ1) is 17.4. The summed E-state index contributed by atoms with van der Waals surface area (Å²) in [5.74, 6) is 1.20. The Morgan fingerprint density at radius 2 is 1.81 bits per heavy atom. The molecule has 4 heterocycles. The van der Waals surface area contributed by atoms with Gasteiger partial charge < -0.3 is 20.0 Å². The molecule has 2 fully saturated rings. The number of fused-ring (bicyclic) bond motifs is 1. The fraction of sp³-hybridized carbons (Fsp3) is 0.571. The summed E-state index contributed by atoms with van der Waals surface area (Å²) in [5.41, 5.74) is 3.33. The van der Waals surface area contributed by atoms with Gasteiger partial charge in [0.05, 0.1) is 12.2 Å². The molecule has 0 aliphatic carbocycles. The van der Waals surface area contributed by atoms with E-state index in [0.717, 1.165) is 63.1 Å². The molecule has 0 unspecified atom stereocenters. The van der Waals surface area contributed by atoms with E-state index in [1.807, 2.05) is 17.2 Å². The van der Waals surface area contributed by atoms with Crippen molar-refractivity contribution in [2.75, 3.05) is 38.5 Å². The SMILES string of the molecule is CC(=O)N1CCC(Nc2ncc3c(n2)CN(C(=O)[C@H]2CCN(C)C[C@@H]2c2ccccc2)[C@H](C)C3)CC1. The molecule has 192 valence electrons. The second kappa shape index (κ2) is 10.5. The average Bonchev–Trinajstić information content (AvgIpc) is 2.89. The van der Waals surface area contributed by atoms with Gasteiger partial charge in [-0.2, -0.15) is 0 Å². The van der Waals surface area contributed by atoms with Crippen molar-refractivity contribution in [1.29, 1.82) is 0 Å². The molecule has 2 amide bonds. The zero-order valence-corrected chi connectivity index (χ0v) is 21.7. The summed E-state index contributed by atoms with van der Waals surface area (Å²) in [4.78, 5) is 41.3. The summed E-state index contributed by atoms with van der Waals surface area (Å²) in [6, 6.07) is 10.9. The van der Waals surface area contributed by atoms with Crippen LogP contribution in [0.5, 0.6) is 0 Å². The van der Waals surface area contributed by atoms with Crippen molar-refractivity contribution in [3.63, 3.8) is 0 Å². The van der Waals surface area contributed by atoms with E-state index in [1.165, 1.54) is 5.56 Å². The van der Waals surface area contributed by atoms with Crippen molar-refractivity contribution in [1.82, 2.24) is 24.7 Å². The van der Waals surface area contributed by atoms with Gasteiger partial charge >= 0.3 is 0 Å². The Balaban J connectivity index is 1.29. The highest BCUT2D eigenvalue weighted by atomic mass is 16.2. The number of hydrogen-bond donors (Lipinski definition) is 1. The van der Waals surface area contributed by atoms with Crippen LogP contribution >= 0.6 is 0 Å². The number of likely N-dealkylation sites (N-methyl/N-ethyl adjacent to an activating group) is 1. The molecule has 0 bridgehead atoms. The van der Waals surface area contributed by atoms with Gasteiger partial charge in [-0.3, -0.25) is 9.59 Å². The molecular weight excluding hydrogens is 452 g/mol. The number of amides is 2. The second-order valence-corrected chi connectivity index (χ2v) is 10.8. The van der Waals surface area contributed by atoms with E-state index >= 15 is 0 Å². The molecular formula is C28H38N6O2. The maximum Gasteiger partial charge on any atom is 0.227 e. The van der Waals surface area contributed by atoms with Gasteiger partial charge in [-0.15, -0.1) is 0 Å². The number of likely N-dealkylation sites (tertiary alicyclic amines) is 2. The highest BCUT2D eigenvalue weighted by Crippen LogP contribution is 2.35. The van der Waals surface area contributed by atoms with Gasteiger partial charge in [0.15, 0.2) is 0 Å². The minimum Gasteiger partial charge on any atom is -0.351 e. The van der Waals surface area contributed by atoms with E-state index in [-0.39, 0.29) is 35.7 Å². The third-order valence-electron chi connectivity index (χ3n) is 8.24. The second-order valence-electron chi connectivity index (χ2n) is 10.8. The van der Waals surface area contributed by atoms with Crippen LogP contribution in [0.25, 0.3) is 0 Å². The van der Waals surface area contributed by atoms with Gasteiger partial charge in [0.1, 0.15) is 0 Å². The lowest BCUT2D eigenvalue weighted by Gasteiger charge is -2.42. The Kier molecular flexibility index (Phi) is 7.23.